The van der Waals surface area contributed by atoms with Crippen molar-refractivity contribution in [1.82, 2.24) is 0 Å². The molecule has 0 spiro atoms. The summed E-state index contributed by atoms with van der Waals surface area (Å²) in [4.78, 5) is 2.30. The highest BCUT2D eigenvalue weighted by Gasteiger charge is 2.21. The highest BCUT2D eigenvalue weighted by molar-refractivity contribution is 6.06. The zero-order chi connectivity index (χ0) is 14.4. The molecule has 2 rings (SSSR count). The van der Waals surface area contributed by atoms with Crippen molar-refractivity contribution < 1.29 is 9.94 Å². The Bertz CT molecular complexity index is 458. The van der Waals surface area contributed by atoms with Crippen LogP contribution in [0.4, 0.5) is 5.69 Å². The van der Waals surface area contributed by atoms with Crippen LogP contribution >= 0.6 is 0 Å². The van der Waals surface area contributed by atoms with Gasteiger partial charge in [-0.1, -0.05) is 37.2 Å². The quantitative estimate of drug-likeness (QED) is 0.493. The van der Waals surface area contributed by atoms with Crippen LogP contribution in [0, 0.1) is 5.92 Å². The van der Waals surface area contributed by atoms with Gasteiger partial charge < -0.3 is 14.8 Å². The number of para-hydroxylation sites is 1. The van der Waals surface area contributed by atoms with Gasteiger partial charge in [0.1, 0.15) is 0 Å². The summed E-state index contributed by atoms with van der Waals surface area (Å²) < 4.78 is 5.69. The first-order chi connectivity index (χ1) is 9.72. The summed E-state index contributed by atoms with van der Waals surface area (Å²) in [6, 6.07) is 8.09. The lowest BCUT2D eigenvalue weighted by Crippen LogP contribution is -2.35. The average Bonchev–Trinajstić information content (AvgIpc) is 2.46. The van der Waals surface area contributed by atoms with Gasteiger partial charge in [-0.15, -0.1) is 0 Å². The highest BCUT2D eigenvalue weighted by Crippen LogP contribution is 2.26. The Morgan fingerprint density at radius 1 is 1.30 bits per heavy atom. The molecule has 0 unspecified atom stereocenters. The van der Waals surface area contributed by atoms with Crippen LogP contribution in [0.3, 0.4) is 0 Å². The van der Waals surface area contributed by atoms with Crippen LogP contribution in [0.2, 0.25) is 0 Å². The van der Waals surface area contributed by atoms with E-state index in [4.69, 9.17) is 9.94 Å². The summed E-state index contributed by atoms with van der Waals surface area (Å²) in [6.07, 6.45) is 1.89. The molecule has 0 radical (unpaired) electrons. The highest BCUT2D eigenvalue weighted by atomic mass is 16.5. The number of anilines is 1. The van der Waals surface area contributed by atoms with Crippen molar-refractivity contribution in [2.24, 2.45) is 11.1 Å². The number of benzene rings is 1. The molecule has 0 aromatic heterocycles. The monoisotopic (exact) mass is 276 g/mol. The van der Waals surface area contributed by atoms with Crippen LogP contribution in [0.25, 0.3) is 0 Å². The Morgan fingerprint density at radius 3 is 2.85 bits per heavy atom. The fourth-order valence-electron chi connectivity index (χ4n) is 2.42. The van der Waals surface area contributed by atoms with Crippen LogP contribution in [0.15, 0.2) is 29.4 Å². The Balaban J connectivity index is 1.90. The second-order valence-corrected chi connectivity index (χ2v) is 5.60. The lowest BCUT2D eigenvalue weighted by Gasteiger charge is -2.31. The molecule has 20 heavy (non-hydrogen) atoms. The molecule has 0 bridgehead atoms. The van der Waals surface area contributed by atoms with E-state index in [9.17, 15) is 0 Å². The standard InChI is InChI=1S/C16H24N2O2/c1-13(2)8-11-20-12-10-18-9-7-15(17-19)14-5-3-4-6-16(14)18/h3-6,13,19H,7-12H2,1-2H3. The van der Waals surface area contributed by atoms with E-state index in [1.807, 2.05) is 18.2 Å². The van der Waals surface area contributed by atoms with Crippen molar-refractivity contribution in [1.29, 1.82) is 0 Å². The van der Waals surface area contributed by atoms with Crippen molar-refractivity contribution in [3.63, 3.8) is 0 Å². The maximum absolute atomic E-state index is 9.07. The number of hydrogen-bond acceptors (Lipinski definition) is 4. The van der Waals surface area contributed by atoms with Gasteiger partial charge in [-0.05, 0) is 18.4 Å². The molecule has 0 amide bonds. The first-order valence-corrected chi connectivity index (χ1v) is 7.35. The van der Waals surface area contributed by atoms with E-state index < -0.39 is 0 Å². The molecule has 110 valence electrons. The van der Waals surface area contributed by atoms with Gasteiger partial charge in [-0.2, -0.15) is 0 Å². The second kappa shape index (κ2) is 7.29. The second-order valence-electron chi connectivity index (χ2n) is 5.60. The maximum atomic E-state index is 9.07. The minimum Gasteiger partial charge on any atom is -0.411 e. The van der Waals surface area contributed by atoms with Gasteiger partial charge in [0.15, 0.2) is 0 Å². The van der Waals surface area contributed by atoms with E-state index in [1.165, 1.54) is 0 Å². The summed E-state index contributed by atoms with van der Waals surface area (Å²) in [5.41, 5.74) is 2.94. The van der Waals surface area contributed by atoms with Gasteiger partial charge >= 0.3 is 0 Å². The molecule has 1 aromatic carbocycles. The summed E-state index contributed by atoms with van der Waals surface area (Å²) >= 11 is 0. The topological polar surface area (TPSA) is 45.1 Å². The molecule has 1 N–H and O–H groups in total. The maximum Gasteiger partial charge on any atom is 0.0906 e. The Morgan fingerprint density at radius 2 is 2.10 bits per heavy atom. The summed E-state index contributed by atoms with van der Waals surface area (Å²) in [5, 5.41) is 12.5. The van der Waals surface area contributed by atoms with E-state index in [-0.39, 0.29) is 0 Å². The van der Waals surface area contributed by atoms with E-state index in [0.29, 0.717) is 5.92 Å². The minimum atomic E-state index is 0.689. The van der Waals surface area contributed by atoms with E-state index in [2.05, 4.69) is 30.0 Å². The molecule has 1 aliphatic rings. The predicted molar refractivity (Wildman–Crippen MR) is 81.9 cm³/mol. The van der Waals surface area contributed by atoms with Crippen molar-refractivity contribution in [3.05, 3.63) is 29.8 Å². The predicted octanol–water partition coefficient (Wildman–Crippen LogP) is 3.14. The normalized spacial score (nSPS) is 16.8. The van der Waals surface area contributed by atoms with Crippen molar-refractivity contribution in [2.45, 2.75) is 26.7 Å². The van der Waals surface area contributed by atoms with E-state index >= 15 is 0 Å². The van der Waals surface area contributed by atoms with Crippen molar-refractivity contribution in [2.75, 3.05) is 31.2 Å². The molecule has 1 aliphatic heterocycles. The average molecular weight is 276 g/mol. The fourth-order valence-corrected chi connectivity index (χ4v) is 2.42. The smallest absolute Gasteiger partial charge is 0.0906 e. The van der Waals surface area contributed by atoms with Crippen LogP contribution in [0.5, 0.6) is 0 Å². The lowest BCUT2D eigenvalue weighted by molar-refractivity contribution is 0.129. The van der Waals surface area contributed by atoms with Gasteiger partial charge in [0.05, 0.1) is 12.3 Å². The van der Waals surface area contributed by atoms with Gasteiger partial charge in [-0.25, -0.2) is 0 Å². The molecule has 0 saturated carbocycles. The number of hydrogen-bond donors (Lipinski definition) is 1. The van der Waals surface area contributed by atoms with E-state index in [1.54, 1.807) is 0 Å². The lowest BCUT2D eigenvalue weighted by atomic mass is 10.00. The molecular formula is C16H24N2O2. The number of rotatable bonds is 6. The first kappa shape index (κ1) is 14.9. The van der Waals surface area contributed by atoms with Crippen molar-refractivity contribution in [3.8, 4) is 0 Å². The van der Waals surface area contributed by atoms with Crippen LogP contribution in [-0.2, 0) is 4.74 Å². The molecule has 0 saturated heterocycles. The minimum absolute atomic E-state index is 0.689. The van der Waals surface area contributed by atoms with Crippen LogP contribution in [-0.4, -0.2) is 37.2 Å². The van der Waals surface area contributed by atoms with Gasteiger partial charge in [-0.3, -0.25) is 0 Å². The molecule has 0 aliphatic carbocycles. The molecule has 0 fully saturated rings. The molecule has 1 aromatic rings. The largest absolute Gasteiger partial charge is 0.411 e. The zero-order valence-electron chi connectivity index (χ0n) is 12.4. The van der Waals surface area contributed by atoms with Crippen LogP contribution < -0.4 is 4.90 Å². The molecule has 1 heterocycles. The summed E-state index contributed by atoms with van der Waals surface area (Å²) in [7, 11) is 0. The van der Waals surface area contributed by atoms with Gasteiger partial charge in [0.25, 0.3) is 0 Å². The Labute approximate surface area is 121 Å². The summed E-state index contributed by atoms with van der Waals surface area (Å²) in [5.74, 6) is 0.689. The number of fused-ring (bicyclic) bond motifs is 1. The number of oxime groups is 1. The number of ether oxygens (including phenoxy) is 1. The van der Waals surface area contributed by atoms with Crippen molar-refractivity contribution >= 4 is 11.4 Å². The zero-order valence-corrected chi connectivity index (χ0v) is 12.4. The molecule has 0 atom stereocenters. The fraction of sp³-hybridized carbons (Fsp3) is 0.562. The first-order valence-electron chi connectivity index (χ1n) is 7.35. The molecule has 4 heteroatoms. The number of nitrogens with zero attached hydrogens (tertiary/aromatic N) is 2. The SMILES string of the molecule is CC(C)CCOCCN1CCC(=NO)c2ccccc21. The third-order valence-electron chi connectivity index (χ3n) is 3.64. The Hall–Kier alpha value is -1.55. The van der Waals surface area contributed by atoms with Gasteiger partial charge in [0, 0.05) is 37.4 Å². The third-order valence-corrected chi connectivity index (χ3v) is 3.64. The van der Waals surface area contributed by atoms with Gasteiger partial charge in [0.2, 0.25) is 0 Å². The molecule has 4 nitrogen and oxygen atoms in total. The molecular weight excluding hydrogens is 252 g/mol. The third kappa shape index (κ3) is 3.73. The van der Waals surface area contributed by atoms with Crippen LogP contribution in [0.1, 0.15) is 32.3 Å². The summed E-state index contributed by atoms with van der Waals surface area (Å²) in [6.45, 7) is 7.75. The van der Waals surface area contributed by atoms with E-state index in [0.717, 1.165) is 56.1 Å². The Kier molecular flexibility index (Phi) is 5.41.